The average Bonchev–Trinajstić information content (AvgIpc) is 3.44. The van der Waals surface area contributed by atoms with E-state index in [1.807, 2.05) is 6.92 Å². The molecule has 1 saturated heterocycles. The van der Waals surface area contributed by atoms with Crippen LogP contribution in [0.4, 0.5) is 18.9 Å². The molecule has 0 bridgehead atoms. The Labute approximate surface area is 204 Å². The van der Waals surface area contributed by atoms with E-state index in [0.29, 0.717) is 23.5 Å². The van der Waals surface area contributed by atoms with Crippen molar-refractivity contribution in [1.29, 1.82) is 0 Å². The number of fused-ring (bicyclic) bond motifs is 1. The molecule has 11 heteroatoms. The molecule has 0 saturated carbocycles. The van der Waals surface area contributed by atoms with Gasteiger partial charge in [-0.3, -0.25) is 24.0 Å². The number of hydrogen-bond acceptors (Lipinski definition) is 4. The number of amides is 3. The van der Waals surface area contributed by atoms with Crippen LogP contribution in [-0.2, 0) is 29.1 Å². The van der Waals surface area contributed by atoms with Crippen molar-refractivity contribution in [2.75, 3.05) is 18.1 Å². The number of rotatable bonds is 4. The van der Waals surface area contributed by atoms with Gasteiger partial charge in [-0.2, -0.15) is 5.10 Å². The highest BCUT2D eigenvalue weighted by molar-refractivity contribution is 6.04. The number of aromatic nitrogens is 2. The monoisotopic (exact) mass is 497 g/mol. The first-order valence-corrected chi connectivity index (χ1v) is 11.3. The van der Waals surface area contributed by atoms with Crippen molar-refractivity contribution in [1.82, 2.24) is 19.6 Å². The van der Waals surface area contributed by atoms with Crippen LogP contribution in [0.3, 0.4) is 0 Å². The zero-order valence-corrected chi connectivity index (χ0v) is 19.3. The van der Waals surface area contributed by atoms with Gasteiger partial charge in [0.2, 0.25) is 11.8 Å². The highest BCUT2D eigenvalue weighted by Crippen LogP contribution is 2.30. The van der Waals surface area contributed by atoms with Crippen molar-refractivity contribution in [3.05, 3.63) is 82.9 Å². The highest BCUT2D eigenvalue weighted by Gasteiger charge is 2.37. The van der Waals surface area contributed by atoms with E-state index in [0.717, 1.165) is 12.1 Å². The molecule has 2 aliphatic rings. The SMILES string of the molecule is C[C@H]1Cn2ncc(N3CN(C(=O)c4ccccc4)CC3=O)c2CN1C(=O)Cc1cc(F)c(F)c(F)c1. The van der Waals surface area contributed by atoms with Crippen LogP contribution in [0.25, 0.3) is 0 Å². The number of anilines is 1. The number of halogens is 3. The lowest BCUT2D eigenvalue weighted by molar-refractivity contribution is -0.134. The van der Waals surface area contributed by atoms with E-state index in [1.54, 1.807) is 35.0 Å². The fourth-order valence-electron chi connectivity index (χ4n) is 4.59. The number of carbonyl (C=O) groups excluding carboxylic acids is 3. The molecule has 0 aliphatic carbocycles. The molecule has 1 atom stereocenters. The summed E-state index contributed by atoms with van der Waals surface area (Å²) in [6.45, 7) is 2.23. The van der Waals surface area contributed by atoms with Crippen LogP contribution in [0.2, 0.25) is 0 Å². The molecular formula is C25H22F3N5O3. The largest absolute Gasteiger partial charge is 0.332 e. The Morgan fingerprint density at radius 2 is 1.75 bits per heavy atom. The van der Waals surface area contributed by atoms with Crippen LogP contribution in [0.1, 0.15) is 28.5 Å². The average molecular weight is 497 g/mol. The summed E-state index contributed by atoms with van der Waals surface area (Å²) in [5, 5.41) is 4.37. The Morgan fingerprint density at radius 3 is 2.44 bits per heavy atom. The second kappa shape index (κ2) is 9.14. The van der Waals surface area contributed by atoms with E-state index in [4.69, 9.17) is 0 Å². The van der Waals surface area contributed by atoms with Gasteiger partial charge in [0.05, 0.1) is 37.1 Å². The molecule has 186 valence electrons. The summed E-state index contributed by atoms with van der Waals surface area (Å²) in [6, 6.07) is 10.00. The zero-order chi connectivity index (χ0) is 25.6. The van der Waals surface area contributed by atoms with Gasteiger partial charge in [-0.05, 0) is 36.8 Å². The lowest BCUT2D eigenvalue weighted by Crippen LogP contribution is -2.46. The predicted molar refractivity (Wildman–Crippen MR) is 122 cm³/mol. The third-order valence-corrected chi connectivity index (χ3v) is 6.47. The van der Waals surface area contributed by atoms with Crippen LogP contribution < -0.4 is 4.90 Å². The van der Waals surface area contributed by atoms with Crippen molar-refractivity contribution >= 4 is 23.4 Å². The summed E-state index contributed by atoms with van der Waals surface area (Å²) in [7, 11) is 0. The molecule has 2 aliphatic heterocycles. The van der Waals surface area contributed by atoms with E-state index in [1.165, 1.54) is 20.9 Å². The summed E-state index contributed by atoms with van der Waals surface area (Å²) in [4.78, 5) is 43.1. The van der Waals surface area contributed by atoms with Crippen LogP contribution in [0.5, 0.6) is 0 Å². The van der Waals surface area contributed by atoms with Gasteiger partial charge in [0.25, 0.3) is 5.91 Å². The second-order valence-corrected chi connectivity index (χ2v) is 8.91. The molecule has 0 spiro atoms. The molecule has 0 unspecified atom stereocenters. The number of carbonyl (C=O) groups is 3. The van der Waals surface area contributed by atoms with Gasteiger partial charge in [0.15, 0.2) is 17.5 Å². The van der Waals surface area contributed by atoms with E-state index < -0.39 is 23.4 Å². The number of nitrogens with zero attached hydrogens (tertiary/aromatic N) is 5. The standard InChI is InChI=1S/C25H22F3N5O3/c1-15-11-33-21(12-31(15)22(34)9-16-7-18(26)24(28)19(27)8-16)20(10-29-33)32-14-30(13-23(32)35)25(36)17-5-3-2-4-6-17/h2-8,10,15H,9,11-14H2,1H3/t15-/m0/s1. The Bertz CT molecular complexity index is 1340. The molecular weight excluding hydrogens is 475 g/mol. The predicted octanol–water partition coefficient (Wildman–Crippen LogP) is 2.72. The van der Waals surface area contributed by atoms with Gasteiger partial charge in [-0.1, -0.05) is 18.2 Å². The lowest BCUT2D eigenvalue weighted by Gasteiger charge is -2.35. The van der Waals surface area contributed by atoms with Gasteiger partial charge in [-0.15, -0.1) is 0 Å². The Balaban J connectivity index is 1.34. The van der Waals surface area contributed by atoms with Crippen molar-refractivity contribution in [3.63, 3.8) is 0 Å². The minimum atomic E-state index is -1.58. The van der Waals surface area contributed by atoms with E-state index in [-0.39, 0.29) is 49.6 Å². The number of benzene rings is 2. The zero-order valence-electron chi connectivity index (χ0n) is 19.3. The van der Waals surface area contributed by atoms with E-state index in [2.05, 4.69) is 5.10 Å². The van der Waals surface area contributed by atoms with Crippen LogP contribution >= 0.6 is 0 Å². The molecule has 3 heterocycles. The van der Waals surface area contributed by atoms with Crippen LogP contribution in [0, 0.1) is 17.5 Å². The molecule has 1 aromatic heterocycles. The number of hydrogen-bond donors (Lipinski definition) is 0. The Kier molecular flexibility index (Phi) is 5.99. The van der Waals surface area contributed by atoms with Crippen LogP contribution in [0.15, 0.2) is 48.7 Å². The summed E-state index contributed by atoms with van der Waals surface area (Å²) in [5.41, 5.74) is 1.60. The molecule has 0 radical (unpaired) electrons. The normalized spacial score (nSPS) is 17.5. The van der Waals surface area contributed by atoms with Gasteiger partial charge in [0, 0.05) is 11.6 Å². The van der Waals surface area contributed by atoms with Crippen molar-refractivity contribution < 1.29 is 27.6 Å². The van der Waals surface area contributed by atoms with Gasteiger partial charge < -0.3 is 9.80 Å². The summed E-state index contributed by atoms with van der Waals surface area (Å²) < 4.78 is 42.2. The van der Waals surface area contributed by atoms with Crippen molar-refractivity contribution in [3.8, 4) is 0 Å². The Hall–Kier alpha value is -4.15. The molecule has 3 amide bonds. The van der Waals surface area contributed by atoms with Crippen LogP contribution in [-0.4, -0.2) is 56.6 Å². The fourth-order valence-corrected chi connectivity index (χ4v) is 4.59. The van der Waals surface area contributed by atoms with E-state index >= 15 is 0 Å². The summed E-state index contributed by atoms with van der Waals surface area (Å²) >= 11 is 0. The van der Waals surface area contributed by atoms with Crippen molar-refractivity contribution in [2.24, 2.45) is 0 Å². The third kappa shape index (κ3) is 4.21. The Morgan fingerprint density at radius 1 is 1.06 bits per heavy atom. The molecule has 5 rings (SSSR count). The molecule has 2 aromatic carbocycles. The maximum absolute atomic E-state index is 13.6. The van der Waals surface area contributed by atoms with Gasteiger partial charge in [0.1, 0.15) is 13.2 Å². The van der Waals surface area contributed by atoms with Crippen molar-refractivity contribution in [2.45, 2.75) is 32.5 Å². The molecule has 36 heavy (non-hydrogen) atoms. The lowest BCUT2D eigenvalue weighted by atomic mass is 10.1. The minimum Gasteiger partial charge on any atom is -0.332 e. The molecule has 1 fully saturated rings. The third-order valence-electron chi connectivity index (χ3n) is 6.47. The minimum absolute atomic E-state index is 0.0210. The molecule has 8 nitrogen and oxygen atoms in total. The summed E-state index contributed by atoms with van der Waals surface area (Å²) in [6.07, 6.45) is 1.22. The first-order chi connectivity index (χ1) is 17.2. The van der Waals surface area contributed by atoms with Gasteiger partial charge in [-0.25, -0.2) is 13.2 Å². The molecule has 3 aromatic rings. The topological polar surface area (TPSA) is 78.8 Å². The quantitative estimate of drug-likeness (QED) is 0.520. The smallest absolute Gasteiger partial charge is 0.255 e. The fraction of sp³-hybridized carbons (Fsp3) is 0.280. The maximum Gasteiger partial charge on any atom is 0.255 e. The maximum atomic E-state index is 13.6. The summed E-state index contributed by atoms with van der Waals surface area (Å²) in [5.74, 6) is -5.24. The highest BCUT2D eigenvalue weighted by atomic mass is 19.2. The van der Waals surface area contributed by atoms with E-state index in [9.17, 15) is 27.6 Å². The first-order valence-electron chi connectivity index (χ1n) is 11.3. The molecule has 0 N–H and O–H groups in total. The van der Waals surface area contributed by atoms with Gasteiger partial charge >= 0.3 is 0 Å². The first kappa shape index (κ1) is 23.6. The second-order valence-electron chi connectivity index (χ2n) is 8.91.